The van der Waals surface area contributed by atoms with Crippen LogP contribution in [0, 0.1) is 18.6 Å². The molecule has 9 nitrogen and oxygen atoms in total. The minimum Gasteiger partial charge on any atom is -0.387 e. The lowest BCUT2D eigenvalue weighted by Gasteiger charge is -2.40. The topological polar surface area (TPSA) is 112 Å². The molecule has 1 saturated heterocycles. The number of imidazole rings is 1. The molecular formula is C28H33F2N7O2. The molecule has 0 spiro atoms. The number of aliphatic hydroxyl groups is 2. The lowest BCUT2D eigenvalue weighted by atomic mass is 9.83. The molecule has 0 radical (unpaired) electrons. The second-order valence-corrected chi connectivity index (χ2v) is 10.4. The van der Waals surface area contributed by atoms with E-state index in [1.165, 1.54) is 12.3 Å². The van der Waals surface area contributed by atoms with Crippen LogP contribution in [0.4, 0.5) is 20.5 Å². The first kappa shape index (κ1) is 27.0. The van der Waals surface area contributed by atoms with E-state index in [1.54, 1.807) is 25.1 Å². The summed E-state index contributed by atoms with van der Waals surface area (Å²) in [6.45, 7) is 10.2. The van der Waals surface area contributed by atoms with Gasteiger partial charge in [0.05, 0.1) is 17.3 Å². The van der Waals surface area contributed by atoms with Crippen molar-refractivity contribution in [2.75, 3.05) is 25.0 Å². The van der Waals surface area contributed by atoms with Crippen LogP contribution < -0.4 is 5.32 Å². The van der Waals surface area contributed by atoms with Crippen LogP contribution >= 0.6 is 0 Å². The summed E-state index contributed by atoms with van der Waals surface area (Å²) < 4.78 is 31.7. The molecule has 5 rings (SSSR count). The standard InChI is InChI=1S/C28H33F2N7O2/c1-5-36-10-8-28(39,9-11-36)26(38)18-6-7-23(31-14-18)34-27-32-15-21(30)24(35-27)19-12-20(29)25-22(13-19)37(16(2)3)17(4)33-25/h6-7,12-16,26,38-39H,5,8-11H2,1-4H3,(H,31,32,34,35)/t26-/m0/s1. The molecule has 39 heavy (non-hydrogen) atoms. The number of nitrogens with zero attached hydrogens (tertiary/aromatic N) is 6. The molecule has 206 valence electrons. The van der Waals surface area contributed by atoms with Crippen molar-refractivity contribution in [2.24, 2.45) is 0 Å². The first-order chi connectivity index (χ1) is 18.6. The van der Waals surface area contributed by atoms with Crippen molar-refractivity contribution in [2.45, 2.75) is 58.3 Å². The molecule has 0 bridgehead atoms. The minimum absolute atomic E-state index is 0.0366. The molecule has 1 aliphatic rings. The van der Waals surface area contributed by atoms with Gasteiger partial charge in [0.2, 0.25) is 5.95 Å². The third-order valence-corrected chi connectivity index (χ3v) is 7.48. The highest BCUT2D eigenvalue weighted by atomic mass is 19.1. The SMILES string of the molecule is CCN1CCC(O)([C@@H](O)c2ccc(Nc3ncc(F)c(-c4cc(F)c5nc(C)n(C(C)C)c5c4)n3)nc2)CC1. The summed E-state index contributed by atoms with van der Waals surface area (Å²) >= 11 is 0. The molecule has 0 unspecified atom stereocenters. The third kappa shape index (κ3) is 5.21. The Morgan fingerprint density at radius 3 is 2.44 bits per heavy atom. The number of rotatable bonds is 7. The van der Waals surface area contributed by atoms with E-state index in [0.717, 1.165) is 25.8 Å². The zero-order chi connectivity index (χ0) is 27.9. The molecular weight excluding hydrogens is 504 g/mol. The summed E-state index contributed by atoms with van der Waals surface area (Å²) in [4.78, 5) is 19.2. The molecule has 4 heterocycles. The first-order valence-electron chi connectivity index (χ1n) is 13.2. The number of hydrogen-bond donors (Lipinski definition) is 3. The van der Waals surface area contributed by atoms with Crippen LogP contribution in [-0.2, 0) is 0 Å². The van der Waals surface area contributed by atoms with Crippen LogP contribution in [0.5, 0.6) is 0 Å². The molecule has 1 aromatic carbocycles. The van der Waals surface area contributed by atoms with Gasteiger partial charge in [0, 0.05) is 36.5 Å². The van der Waals surface area contributed by atoms with Gasteiger partial charge in [-0.1, -0.05) is 13.0 Å². The predicted octanol–water partition coefficient (Wildman–Crippen LogP) is 4.68. The predicted molar refractivity (Wildman–Crippen MR) is 145 cm³/mol. The molecule has 0 amide bonds. The maximum atomic E-state index is 15.0. The molecule has 1 aliphatic heterocycles. The van der Waals surface area contributed by atoms with E-state index < -0.39 is 23.3 Å². The van der Waals surface area contributed by atoms with Gasteiger partial charge in [0.1, 0.15) is 29.0 Å². The summed E-state index contributed by atoms with van der Waals surface area (Å²) in [5.74, 6) is -0.145. The van der Waals surface area contributed by atoms with E-state index in [1.807, 2.05) is 18.4 Å². The Bertz CT molecular complexity index is 1480. The van der Waals surface area contributed by atoms with Crippen LogP contribution in [0.3, 0.4) is 0 Å². The van der Waals surface area contributed by atoms with Crippen molar-refractivity contribution in [3.05, 3.63) is 59.7 Å². The molecule has 4 aromatic rings. The Hall–Kier alpha value is -3.54. The molecule has 3 N–H and O–H groups in total. The third-order valence-electron chi connectivity index (χ3n) is 7.48. The fourth-order valence-electron chi connectivity index (χ4n) is 5.28. The van der Waals surface area contributed by atoms with Crippen LogP contribution in [0.1, 0.15) is 57.1 Å². The average molecular weight is 538 g/mol. The maximum absolute atomic E-state index is 15.0. The highest BCUT2D eigenvalue weighted by molar-refractivity contribution is 5.83. The van der Waals surface area contributed by atoms with Crippen molar-refractivity contribution >= 4 is 22.8 Å². The van der Waals surface area contributed by atoms with Crippen LogP contribution in [0.2, 0.25) is 0 Å². The second kappa shape index (κ2) is 10.6. The van der Waals surface area contributed by atoms with Crippen molar-refractivity contribution in [3.63, 3.8) is 0 Å². The Labute approximate surface area is 225 Å². The summed E-state index contributed by atoms with van der Waals surface area (Å²) in [7, 11) is 0. The zero-order valence-corrected chi connectivity index (χ0v) is 22.5. The Morgan fingerprint density at radius 1 is 1.05 bits per heavy atom. The molecule has 1 atom stereocenters. The van der Waals surface area contributed by atoms with Crippen LogP contribution in [0.25, 0.3) is 22.3 Å². The summed E-state index contributed by atoms with van der Waals surface area (Å²) in [6.07, 6.45) is 2.38. The number of aryl methyl sites for hydroxylation is 1. The van der Waals surface area contributed by atoms with E-state index >= 15 is 0 Å². The van der Waals surface area contributed by atoms with Gasteiger partial charge in [-0.3, -0.25) is 0 Å². The van der Waals surface area contributed by atoms with E-state index in [4.69, 9.17) is 0 Å². The summed E-state index contributed by atoms with van der Waals surface area (Å²) in [6, 6.07) is 6.24. The number of aromatic nitrogens is 5. The normalized spacial score (nSPS) is 16.6. The van der Waals surface area contributed by atoms with E-state index in [0.29, 0.717) is 35.6 Å². The maximum Gasteiger partial charge on any atom is 0.229 e. The quantitative estimate of drug-likeness (QED) is 0.312. The van der Waals surface area contributed by atoms with Crippen LogP contribution in [0.15, 0.2) is 36.7 Å². The van der Waals surface area contributed by atoms with Gasteiger partial charge in [0.15, 0.2) is 11.6 Å². The van der Waals surface area contributed by atoms with Gasteiger partial charge in [-0.05, 0) is 58.4 Å². The van der Waals surface area contributed by atoms with Gasteiger partial charge < -0.3 is 25.0 Å². The number of fused-ring (bicyclic) bond motifs is 1. The molecule has 3 aromatic heterocycles. The number of piperidine rings is 1. The Balaban J connectivity index is 1.38. The lowest BCUT2D eigenvalue weighted by molar-refractivity contribution is -0.110. The van der Waals surface area contributed by atoms with E-state index in [-0.39, 0.29) is 28.8 Å². The zero-order valence-electron chi connectivity index (χ0n) is 22.5. The van der Waals surface area contributed by atoms with Crippen molar-refractivity contribution in [1.29, 1.82) is 0 Å². The number of likely N-dealkylation sites (tertiary alicyclic amines) is 1. The summed E-state index contributed by atoms with van der Waals surface area (Å²) in [5.41, 5.74) is 0.271. The number of pyridine rings is 1. The largest absolute Gasteiger partial charge is 0.387 e. The fourth-order valence-corrected chi connectivity index (χ4v) is 5.28. The minimum atomic E-state index is -1.21. The number of aliphatic hydroxyl groups excluding tert-OH is 1. The number of benzene rings is 1. The molecule has 1 fully saturated rings. The smallest absolute Gasteiger partial charge is 0.229 e. The number of hydrogen-bond acceptors (Lipinski definition) is 8. The Kier molecular flexibility index (Phi) is 7.32. The van der Waals surface area contributed by atoms with Crippen LogP contribution in [-0.4, -0.2) is 64.9 Å². The molecule has 0 saturated carbocycles. The van der Waals surface area contributed by atoms with Gasteiger partial charge in [-0.15, -0.1) is 0 Å². The monoisotopic (exact) mass is 537 g/mol. The molecule has 0 aliphatic carbocycles. The average Bonchev–Trinajstić information content (AvgIpc) is 3.27. The van der Waals surface area contributed by atoms with Crippen molar-refractivity contribution in [3.8, 4) is 11.3 Å². The van der Waals surface area contributed by atoms with Gasteiger partial charge in [-0.25, -0.2) is 28.7 Å². The lowest BCUT2D eigenvalue weighted by Crippen LogP contribution is -2.47. The summed E-state index contributed by atoms with van der Waals surface area (Å²) in [5, 5.41) is 24.8. The highest BCUT2D eigenvalue weighted by Gasteiger charge is 2.39. The Morgan fingerprint density at radius 2 is 1.79 bits per heavy atom. The second-order valence-electron chi connectivity index (χ2n) is 10.4. The van der Waals surface area contributed by atoms with Crippen molar-refractivity contribution in [1.82, 2.24) is 29.4 Å². The molecule has 11 heteroatoms. The number of halogens is 2. The van der Waals surface area contributed by atoms with Crippen molar-refractivity contribution < 1.29 is 19.0 Å². The van der Waals surface area contributed by atoms with E-state index in [9.17, 15) is 19.0 Å². The van der Waals surface area contributed by atoms with E-state index in [2.05, 4.69) is 37.1 Å². The number of nitrogens with one attached hydrogen (secondary N) is 1. The van der Waals surface area contributed by atoms with Gasteiger partial charge in [0.25, 0.3) is 0 Å². The fraction of sp³-hybridized carbons (Fsp3) is 0.429. The van der Waals surface area contributed by atoms with Gasteiger partial charge in [-0.2, -0.15) is 0 Å². The highest BCUT2D eigenvalue weighted by Crippen LogP contribution is 2.35. The first-order valence-corrected chi connectivity index (χ1v) is 13.2. The van der Waals surface area contributed by atoms with Gasteiger partial charge >= 0.3 is 0 Å². The number of anilines is 2.